The third-order valence-electron chi connectivity index (χ3n) is 3.14. The van der Waals surface area contributed by atoms with Crippen molar-refractivity contribution in [3.05, 3.63) is 66.7 Å². The maximum Gasteiger partial charge on any atom is 0.289 e. The zero-order chi connectivity index (χ0) is 19.6. The lowest BCUT2D eigenvalue weighted by molar-refractivity contribution is -0.385. The van der Waals surface area contributed by atoms with Gasteiger partial charge in [0.2, 0.25) is 0 Å². The van der Waals surface area contributed by atoms with Crippen molar-refractivity contribution < 1.29 is 23.1 Å². The molecule has 0 atom stereocenters. The number of nitrogens with zero attached hydrogens (tertiary/aromatic N) is 3. The quantitative estimate of drug-likeness (QED) is 0.513. The number of nitro groups is 2. The van der Waals surface area contributed by atoms with Crippen LogP contribution in [0.3, 0.4) is 0 Å². The van der Waals surface area contributed by atoms with Crippen molar-refractivity contribution in [3.8, 4) is 0 Å². The van der Waals surface area contributed by atoms with Gasteiger partial charge in [0.15, 0.2) is 0 Å². The molecule has 0 saturated heterocycles. The molecule has 0 radical (unpaired) electrons. The largest absolute Gasteiger partial charge is 0.289 e. The topological polar surface area (TPSA) is 133 Å². The van der Waals surface area contributed by atoms with Crippen molar-refractivity contribution in [1.29, 1.82) is 0 Å². The number of hydrogen-bond donors (Lipinski definition) is 0. The van der Waals surface area contributed by atoms with Crippen LogP contribution in [0.5, 0.6) is 0 Å². The number of rotatable bonds is 6. The van der Waals surface area contributed by atoms with Gasteiger partial charge in [-0.25, -0.2) is 0 Å². The first-order chi connectivity index (χ1) is 12.1. The van der Waals surface area contributed by atoms with Crippen LogP contribution in [-0.4, -0.2) is 25.4 Å². The molecule has 0 heterocycles. The van der Waals surface area contributed by atoms with E-state index in [1.54, 1.807) is 0 Å². The van der Waals surface area contributed by atoms with Crippen LogP contribution in [0.15, 0.2) is 41.3 Å². The monoisotopic (exact) mass is 421 g/mol. The number of hydrogen-bond acceptors (Lipinski definition) is 7. The summed E-state index contributed by atoms with van der Waals surface area (Å²) in [6, 6.07) is 5.93. The average molecular weight is 422 g/mol. The predicted molar refractivity (Wildman–Crippen MR) is 92.9 cm³/mol. The van der Waals surface area contributed by atoms with E-state index in [-0.39, 0.29) is 21.4 Å². The molecule has 0 aliphatic carbocycles. The Morgan fingerprint density at radius 2 is 1.65 bits per heavy atom. The van der Waals surface area contributed by atoms with Gasteiger partial charge in [0.25, 0.3) is 21.4 Å². The van der Waals surface area contributed by atoms with Crippen LogP contribution in [0.25, 0.3) is 0 Å². The molecule has 0 aliphatic rings. The highest BCUT2D eigenvalue weighted by Gasteiger charge is 2.30. The van der Waals surface area contributed by atoms with Crippen molar-refractivity contribution in [3.63, 3.8) is 0 Å². The Morgan fingerprint density at radius 3 is 2.15 bits per heavy atom. The van der Waals surface area contributed by atoms with E-state index in [1.807, 2.05) is 0 Å². The average Bonchev–Trinajstić information content (AvgIpc) is 2.56. The summed E-state index contributed by atoms with van der Waals surface area (Å²) >= 11 is 11.6. The van der Waals surface area contributed by atoms with Crippen LogP contribution in [-0.2, 0) is 14.9 Å². The molecule has 0 amide bonds. The van der Waals surface area contributed by atoms with Crippen LogP contribution in [0.1, 0.15) is 0 Å². The second-order valence-electron chi connectivity index (χ2n) is 4.68. The maximum absolute atomic E-state index is 12.8. The molecule has 0 aromatic heterocycles. The van der Waals surface area contributed by atoms with Gasteiger partial charge in [0, 0.05) is 18.2 Å². The van der Waals surface area contributed by atoms with E-state index >= 15 is 0 Å². The van der Waals surface area contributed by atoms with E-state index in [2.05, 4.69) is 0 Å². The number of nitro benzene ring substituents is 2. The Bertz CT molecular complexity index is 997. The summed E-state index contributed by atoms with van der Waals surface area (Å²) in [6.45, 7) is 0. The van der Waals surface area contributed by atoms with Crippen LogP contribution >= 0.6 is 23.2 Å². The van der Waals surface area contributed by atoms with E-state index in [4.69, 9.17) is 28.0 Å². The highest BCUT2D eigenvalue weighted by atomic mass is 35.5. The highest BCUT2D eigenvalue weighted by molar-refractivity contribution is 7.92. The normalized spacial score (nSPS) is 11.2. The van der Waals surface area contributed by atoms with Gasteiger partial charge in [-0.2, -0.15) is 8.42 Å². The molecule has 2 aromatic rings. The standard InChI is InChI=1S/C13H9Cl2N3O7S/c1-25-18(12-5-2-8(16(19)20)6-11(12)15)26(23,24)9-3-4-10(14)13(7-9)17(21)22/h2-7H,1H3. The SMILES string of the molecule is CON(c1ccc([N+](=O)[O-])cc1Cl)S(=O)(=O)c1ccc(Cl)c([N+](=O)[O-])c1. The highest BCUT2D eigenvalue weighted by Crippen LogP contribution is 2.35. The molecule has 2 aromatic carbocycles. The second kappa shape index (κ2) is 7.41. The summed E-state index contributed by atoms with van der Waals surface area (Å²) in [7, 11) is -3.41. The minimum absolute atomic E-state index is 0.211. The fraction of sp³-hybridized carbons (Fsp3) is 0.0769. The Kier molecular flexibility index (Phi) is 5.66. The minimum atomic E-state index is -4.44. The maximum atomic E-state index is 12.8. The third kappa shape index (κ3) is 3.70. The van der Waals surface area contributed by atoms with Gasteiger partial charge < -0.3 is 0 Å². The van der Waals surface area contributed by atoms with E-state index < -0.39 is 30.5 Å². The van der Waals surface area contributed by atoms with Gasteiger partial charge in [0.05, 0.1) is 26.9 Å². The molecule has 138 valence electrons. The van der Waals surface area contributed by atoms with Gasteiger partial charge in [-0.3, -0.25) is 25.1 Å². The van der Waals surface area contributed by atoms with Gasteiger partial charge in [0.1, 0.15) is 10.7 Å². The number of anilines is 1. The molecular weight excluding hydrogens is 413 g/mol. The van der Waals surface area contributed by atoms with Gasteiger partial charge in [-0.1, -0.05) is 23.2 Å². The lowest BCUT2D eigenvalue weighted by Gasteiger charge is -2.22. The summed E-state index contributed by atoms with van der Waals surface area (Å²) in [4.78, 5) is 24.6. The van der Waals surface area contributed by atoms with Crippen LogP contribution in [0.4, 0.5) is 17.1 Å². The molecule has 2 rings (SSSR count). The van der Waals surface area contributed by atoms with Crippen molar-refractivity contribution in [2.75, 3.05) is 11.6 Å². The zero-order valence-electron chi connectivity index (χ0n) is 12.8. The predicted octanol–water partition coefficient (Wildman–Crippen LogP) is 3.57. The van der Waals surface area contributed by atoms with Crippen LogP contribution < -0.4 is 4.47 Å². The van der Waals surface area contributed by atoms with Crippen molar-refractivity contribution in [2.24, 2.45) is 0 Å². The Hall–Kier alpha value is -2.47. The molecule has 0 aliphatic heterocycles. The van der Waals surface area contributed by atoms with E-state index in [0.717, 1.165) is 43.5 Å². The lowest BCUT2D eigenvalue weighted by Crippen LogP contribution is -2.30. The second-order valence-corrected chi connectivity index (χ2v) is 7.25. The van der Waals surface area contributed by atoms with E-state index in [9.17, 15) is 28.6 Å². The first kappa shape index (κ1) is 19.8. The summed E-state index contributed by atoms with van der Waals surface area (Å²) in [5.74, 6) is 0. The van der Waals surface area contributed by atoms with Crippen LogP contribution in [0, 0.1) is 20.2 Å². The first-order valence-electron chi connectivity index (χ1n) is 6.57. The smallest absolute Gasteiger partial charge is 0.262 e. The Balaban J connectivity index is 2.58. The third-order valence-corrected chi connectivity index (χ3v) is 5.39. The minimum Gasteiger partial charge on any atom is -0.262 e. The Labute approximate surface area is 156 Å². The van der Waals surface area contributed by atoms with Gasteiger partial charge in [-0.05, 0) is 18.2 Å². The molecule has 0 bridgehead atoms. The van der Waals surface area contributed by atoms with Crippen LogP contribution in [0.2, 0.25) is 10.0 Å². The molecule has 10 nitrogen and oxygen atoms in total. The fourth-order valence-electron chi connectivity index (χ4n) is 1.97. The zero-order valence-corrected chi connectivity index (χ0v) is 15.2. The first-order valence-corrected chi connectivity index (χ1v) is 8.76. The number of non-ortho nitro benzene ring substituents is 1. The summed E-state index contributed by atoms with van der Waals surface area (Å²) in [5.41, 5.74) is -1.18. The molecule has 0 N–H and O–H groups in total. The lowest BCUT2D eigenvalue weighted by atomic mass is 10.3. The molecule has 0 spiro atoms. The number of halogens is 2. The molecule has 0 unspecified atom stereocenters. The summed E-state index contributed by atoms with van der Waals surface area (Å²) in [6.07, 6.45) is 0. The van der Waals surface area contributed by atoms with E-state index in [0.29, 0.717) is 4.47 Å². The molecular formula is C13H9Cl2N3O7S. The van der Waals surface area contributed by atoms with E-state index in [1.165, 1.54) is 0 Å². The molecule has 26 heavy (non-hydrogen) atoms. The van der Waals surface area contributed by atoms with Crippen molar-refractivity contribution in [1.82, 2.24) is 0 Å². The molecule has 13 heteroatoms. The fourth-order valence-corrected chi connectivity index (χ4v) is 3.77. The number of sulfonamides is 1. The molecule has 0 fully saturated rings. The molecule has 0 saturated carbocycles. The van der Waals surface area contributed by atoms with Gasteiger partial charge >= 0.3 is 0 Å². The van der Waals surface area contributed by atoms with Gasteiger partial charge in [-0.15, -0.1) is 4.47 Å². The van der Waals surface area contributed by atoms with Crippen molar-refractivity contribution in [2.45, 2.75) is 4.90 Å². The Morgan fingerprint density at radius 1 is 1.00 bits per heavy atom. The summed E-state index contributed by atoms with van der Waals surface area (Å²) in [5, 5.41) is 21.2. The van der Waals surface area contributed by atoms with Crippen molar-refractivity contribution >= 4 is 50.3 Å². The number of benzene rings is 2. The summed E-state index contributed by atoms with van der Waals surface area (Å²) < 4.78 is 25.9.